The topological polar surface area (TPSA) is 44.4 Å². The second kappa shape index (κ2) is 7.76. The molecule has 0 atom stereocenters. The summed E-state index contributed by atoms with van der Waals surface area (Å²) < 4.78 is 0.967. The van der Waals surface area contributed by atoms with Crippen molar-refractivity contribution in [3.05, 3.63) is 28.7 Å². The average molecular weight is 340 g/mol. The van der Waals surface area contributed by atoms with Crippen LogP contribution >= 0.6 is 15.9 Å². The van der Waals surface area contributed by atoms with Gasteiger partial charge in [-0.05, 0) is 63.6 Å². The van der Waals surface area contributed by atoms with Crippen molar-refractivity contribution in [2.24, 2.45) is 5.92 Å². The van der Waals surface area contributed by atoms with Crippen LogP contribution in [0.5, 0.6) is 0 Å². The van der Waals surface area contributed by atoms with Crippen molar-refractivity contribution in [1.29, 1.82) is 0 Å². The molecule has 1 aliphatic heterocycles. The Morgan fingerprint density at radius 2 is 2.15 bits per heavy atom. The maximum Gasteiger partial charge on any atom is 0.238 e. The highest BCUT2D eigenvalue weighted by Gasteiger charge is 2.16. The van der Waals surface area contributed by atoms with Crippen LogP contribution in [-0.2, 0) is 4.79 Å². The molecule has 0 aliphatic carbocycles. The SMILES string of the molecule is CN1CCC(CNCC(=O)Nc2cccc(Br)c2)CC1. The van der Waals surface area contributed by atoms with Crippen molar-refractivity contribution in [3.63, 3.8) is 0 Å². The molecule has 0 saturated carbocycles. The molecule has 0 spiro atoms. The van der Waals surface area contributed by atoms with Gasteiger partial charge in [0, 0.05) is 10.2 Å². The van der Waals surface area contributed by atoms with Gasteiger partial charge in [0.15, 0.2) is 0 Å². The van der Waals surface area contributed by atoms with Gasteiger partial charge in [-0.1, -0.05) is 22.0 Å². The van der Waals surface area contributed by atoms with E-state index in [1.165, 1.54) is 12.8 Å². The average Bonchev–Trinajstić information content (AvgIpc) is 2.41. The number of hydrogen-bond donors (Lipinski definition) is 2. The number of rotatable bonds is 5. The fourth-order valence-electron chi connectivity index (χ4n) is 2.43. The third kappa shape index (κ3) is 5.23. The molecule has 0 aromatic heterocycles. The van der Waals surface area contributed by atoms with Gasteiger partial charge in [0.2, 0.25) is 5.91 Å². The number of likely N-dealkylation sites (tertiary alicyclic amines) is 1. The van der Waals surface area contributed by atoms with Crippen molar-refractivity contribution in [3.8, 4) is 0 Å². The molecule has 20 heavy (non-hydrogen) atoms. The first-order valence-electron chi connectivity index (χ1n) is 7.08. The molecule has 1 heterocycles. The molecule has 0 radical (unpaired) electrons. The molecule has 1 aromatic carbocycles. The minimum Gasteiger partial charge on any atom is -0.325 e. The smallest absolute Gasteiger partial charge is 0.238 e. The Bertz CT molecular complexity index is 444. The maximum atomic E-state index is 11.8. The minimum atomic E-state index is 0.0102. The number of carbonyl (C=O) groups is 1. The van der Waals surface area contributed by atoms with Gasteiger partial charge in [0.1, 0.15) is 0 Å². The summed E-state index contributed by atoms with van der Waals surface area (Å²) >= 11 is 3.39. The Kier molecular flexibility index (Phi) is 6.01. The molecule has 1 fully saturated rings. The first-order chi connectivity index (χ1) is 9.63. The van der Waals surface area contributed by atoms with Crippen molar-refractivity contribution in [1.82, 2.24) is 10.2 Å². The predicted molar refractivity (Wildman–Crippen MR) is 85.9 cm³/mol. The maximum absolute atomic E-state index is 11.8. The van der Waals surface area contributed by atoms with Crippen molar-refractivity contribution in [2.75, 3.05) is 38.5 Å². The molecule has 2 rings (SSSR count). The van der Waals surface area contributed by atoms with E-state index in [9.17, 15) is 4.79 Å². The fraction of sp³-hybridized carbons (Fsp3) is 0.533. The van der Waals surface area contributed by atoms with Crippen LogP contribution < -0.4 is 10.6 Å². The van der Waals surface area contributed by atoms with Gasteiger partial charge in [0.25, 0.3) is 0 Å². The molecule has 0 unspecified atom stereocenters. The highest BCUT2D eigenvalue weighted by Crippen LogP contribution is 2.16. The van der Waals surface area contributed by atoms with Crippen LogP contribution in [0.3, 0.4) is 0 Å². The molecule has 1 amide bonds. The number of anilines is 1. The summed E-state index contributed by atoms with van der Waals surface area (Å²) in [6.45, 7) is 3.63. The van der Waals surface area contributed by atoms with Crippen LogP contribution in [0.15, 0.2) is 28.7 Å². The van der Waals surface area contributed by atoms with E-state index in [0.29, 0.717) is 12.5 Å². The lowest BCUT2D eigenvalue weighted by molar-refractivity contribution is -0.115. The van der Waals surface area contributed by atoms with Gasteiger partial charge in [-0.15, -0.1) is 0 Å². The van der Waals surface area contributed by atoms with Gasteiger partial charge in [-0.2, -0.15) is 0 Å². The van der Waals surface area contributed by atoms with Crippen LogP contribution in [0.25, 0.3) is 0 Å². The van der Waals surface area contributed by atoms with E-state index in [1.807, 2.05) is 24.3 Å². The predicted octanol–water partition coefficient (Wildman–Crippen LogP) is 2.32. The summed E-state index contributed by atoms with van der Waals surface area (Å²) in [6, 6.07) is 7.63. The molecule has 1 aliphatic rings. The van der Waals surface area contributed by atoms with Crippen LogP contribution in [-0.4, -0.2) is 44.0 Å². The van der Waals surface area contributed by atoms with E-state index in [4.69, 9.17) is 0 Å². The van der Waals surface area contributed by atoms with Gasteiger partial charge >= 0.3 is 0 Å². The van der Waals surface area contributed by atoms with Crippen LogP contribution in [0.4, 0.5) is 5.69 Å². The number of nitrogens with one attached hydrogen (secondary N) is 2. The lowest BCUT2D eigenvalue weighted by Crippen LogP contribution is -2.37. The Balaban J connectivity index is 1.65. The number of amides is 1. The number of halogens is 1. The van der Waals surface area contributed by atoms with Crippen molar-refractivity contribution < 1.29 is 4.79 Å². The van der Waals surface area contributed by atoms with E-state index >= 15 is 0 Å². The summed E-state index contributed by atoms with van der Waals surface area (Å²) in [4.78, 5) is 14.2. The molecule has 0 bridgehead atoms. The monoisotopic (exact) mass is 339 g/mol. The van der Waals surface area contributed by atoms with Gasteiger partial charge < -0.3 is 15.5 Å². The Morgan fingerprint density at radius 1 is 1.40 bits per heavy atom. The fourth-order valence-corrected chi connectivity index (χ4v) is 2.83. The zero-order chi connectivity index (χ0) is 14.4. The van der Waals surface area contributed by atoms with E-state index in [2.05, 4.69) is 38.5 Å². The summed E-state index contributed by atoms with van der Waals surface area (Å²) in [6.07, 6.45) is 2.44. The number of nitrogens with zero attached hydrogens (tertiary/aromatic N) is 1. The highest BCUT2D eigenvalue weighted by atomic mass is 79.9. The normalized spacial score (nSPS) is 17.1. The summed E-state index contributed by atoms with van der Waals surface area (Å²) in [5.41, 5.74) is 0.825. The first kappa shape index (κ1) is 15.5. The molecule has 1 aromatic rings. The van der Waals surface area contributed by atoms with E-state index in [1.54, 1.807) is 0 Å². The molecular formula is C15H22BrN3O. The Labute approximate surface area is 129 Å². The molecular weight excluding hydrogens is 318 g/mol. The second-order valence-corrected chi connectivity index (χ2v) is 6.35. The lowest BCUT2D eigenvalue weighted by atomic mass is 9.97. The number of hydrogen-bond acceptors (Lipinski definition) is 3. The summed E-state index contributed by atoms with van der Waals surface area (Å²) in [5.74, 6) is 0.709. The molecule has 1 saturated heterocycles. The zero-order valence-electron chi connectivity index (χ0n) is 11.9. The number of piperidine rings is 1. The van der Waals surface area contributed by atoms with Gasteiger partial charge in [-0.25, -0.2) is 0 Å². The van der Waals surface area contributed by atoms with Gasteiger partial charge in [-0.3, -0.25) is 4.79 Å². The van der Waals surface area contributed by atoms with Crippen molar-refractivity contribution >= 4 is 27.5 Å². The van der Waals surface area contributed by atoms with Crippen molar-refractivity contribution in [2.45, 2.75) is 12.8 Å². The molecule has 110 valence electrons. The summed E-state index contributed by atoms with van der Waals surface area (Å²) in [5, 5.41) is 6.15. The standard InChI is InChI=1S/C15H22BrN3O/c1-19-7-5-12(6-8-19)10-17-11-15(20)18-14-4-2-3-13(16)9-14/h2-4,9,12,17H,5-8,10-11H2,1H3,(H,18,20). The number of carbonyl (C=O) groups excluding carboxylic acids is 1. The van der Waals surface area contributed by atoms with E-state index in [-0.39, 0.29) is 5.91 Å². The Morgan fingerprint density at radius 3 is 2.85 bits per heavy atom. The Hall–Kier alpha value is -0.910. The third-order valence-corrected chi connectivity index (χ3v) is 4.16. The van der Waals surface area contributed by atoms with E-state index < -0.39 is 0 Å². The van der Waals surface area contributed by atoms with Crippen LogP contribution in [0.1, 0.15) is 12.8 Å². The summed E-state index contributed by atoms with van der Waals surface area (Å²) in [7, 11) is 2.16. The molecule has 4 nitrogen and oxygen atoms in total. The van der Waals surface area contributed by atoms with Crippen LogP contribution in [0, 0.1) is 5.92 Å². The van der Waals surface area contributed by atoms with Gasteiger partial charge in [0.05, 0.1) is 6.54 Å². The second-order valence-electron chi connectivity index (χ2n) is 5.44. The largest absolute Gasteiger partial charge is 0.325 e. The first-order valence-corrected chi connectivity index (χ1v) is 7.87. The zero-order valence-corrected chi connectivity index (χ0v) is 13.4. The minimum absolute atomic E-state index is 0.0102. The molecule has 5 heteroatoms. The third-order valence-electron chi connectivity index (χ3n) is 3.67. The number of benzene rings is 1. The quantitative estimate of drug-likeness (QED) is 0.865. The lowest BCUT2D eigenvalue weighted by Gasteiger charge is -2.28. The van der Waals surface area contributed by atoms with Crippen LogP contribution in [0.2, 0.25) is 0 Å². The highest BCUT2D eigenvalue weighted by molar-refractivity contribution is 9.10. The van der Waals surface area contributed by atoms with E-state index in [0.717, 1.165) is 29.8 Å². The molecule has 2 N–H and O–H groups in total.